The van der Waals surface area contributed by atoms with Gasteiger partial charge in [0.15, 0.2) is 5.79 Å². The van der Waals surface area contributed by atoms with Crippen LogP contribution in [-0.4, -0.2) is 31.8 Å². The van der Waals surface area contributed by atoms with Crippen molar-refractivity contribution in [3.8, 4) is 0 Å². The number of ether oxygens (including phenoxy) is 2. The maximum atomic E-state index is 5.73. The van der Waals surface area contributed by atoms with Crippen LogP contribution in [0.2, 0.25) is 0 Å². The first-order valence-electron chi connectivity index (χ1n) is 5.53. The Bertz CT molecular complexity index is 231. The Hall–Kier alpha value is -0.410. The molecular weight excluding hydrogens is 178 g/mol. The van der Waals surface area contributed by atoms with Crippen molar-refractivity contribution in [2.45, 2.75) is 38.4 Å². The normalized spacial score (nSPS) is 34.1. The van der Waals surface area contributed by atoms with Crippen LogP contribution in [0.3, 0.4) is 0 Å². The van der Waals surface area contributed by atoms with Crippen LogP contribution in [0.5, 0.6) is 0 Å². The van der Waals surface area contributed by atoms with E-state index in [1.165, 1.54) is 5.71 Å². The molecule has 1 atom stereocenters. The fourth-order valence-electron chi connectivity index (χ4n) is 2.55. The van der Waals surface area contributed by atoms with Gasteiger partial charge in [-0.3, -0.25) is 4.99 Å². The molecule has 0 bridgehead atoms. The lowest BCUT2D eigenvalue weighted by Crippen LogP contribution is -2.40. The zero-order valence-electron chi connectivity index (χ0n) is 9.08. The van der Waals surface area contributed by atoms with Crippen molar-refractivity contribution in [3.63, 3.8) is 0 Å². The van der Waals surface area contributed by atoms with E-state index in [-0.39, 0.29) is 5.79 Å². The van der Waals surface area contributed by atoms with Crippen LogP contribution in [0.1, 0.15) is 32.6 Å². The highest BCUT2D eigenvalue weighted by atomic mass is 16.7. The number of nitrogens with zero attached hydrogens (tertiary/aromatic N) is 1. The topological polar surface area (TPSA) is 30.8 Å². The van der Waals surface area contributed by atoms with Gasteiger partial charge in [-0.2, -0.15) is 0 Å². The van der Waals surface area contributed by atoms with E-state index < -0.39 is 0 Å². The molecule has 0 aromatic carbocycles. The third-order valence-corrected chi connectivity index (χ3v) is 3.38. The van der Waals surface area contributed by atoms with Crippen LogP contribution in [-0.2, 0) is 9.47 Å². The molecule has 0 N–H and O–H groups in total. The molecule has 0 radical (unpaired) electrons. The Labute approximate surface area is 85.5 Å². The summed E-state index contributed by atoms with van der Waals surface area (Å²) in [5.74, 6) is 0.307. The molecular formula is C11H19NO2. The molecule has 1 aliphatic heterocycles. The van der Waals surface area contributed by atoms with Crippen LogP contribution in [0, 0.1) is 5.92 Å². The van der Waals surface area contributed by atoms with Crippen molar-refractivity contribution >= 4 is 5.71 Å². The lowest BCUT2D eigenvalue weighted by Gasteiger charge is -2.36. The van der Waals surface area contributed by atoms with E-state index >= 15 is 0 Å². The number of hydrogen-bond acceptors (Lipinski definition) is 3. The van der Waals surface area contributed by atoms with E-state index in [0.717, 1.165) is 38.9 Å². The predicted molar refractivity (Wildman–Crippen MR) is 55.6 cm³/mol. The molecule has 14 heavy (non-hydrogen) atoms. The number of hydrogen-bond donors (Lipinski definition) is 0. The molecule has 2 aliphatic rings. The van der Waals surface area contributed by atoms with Gasteiger partial charge in [0.2, 0.25) is 0 Å². The van der Waals surface area contributed by atoms with Crippen LogP contribution in [0.4, 0.5) is 0 Å². The Kier molecular flexibility index (Phi) is 2.88. The predicted octanol–water partition coefficient (Wildman–Crippen LogP) is 2.01. The quantitative estimate of drug-likeness (QED) is 0.644. The third-order valence-electron chi connectivity index (χ3n) is 3.38. The van der Waals surface area contributed by atoms with Gasteiger partial charge >= 0.3 is 0 Å². The van der Waals surface area contributed by atoms with E-state index in [1.54, 1.807) is 0 Å². The highest BCUT2D eigenvalue weighted by Crippen LogP contribution is 2.38. The number of rotatable bonds is 1. The van der Waals surface area contributed by atoms with Gasteiger partial charge in [0.05, 0.1) is 13.2 Å². The number of aliphatic imine (C=N–C) groups is 1. The molecule has 1 aliphatic carbocycles. The van der Waals surface area contributed by atoms with Gasteiger partial charge in [-0.05, 0) is 12.8 Å². The maximum absolute atomic E-state index is 5.73. The summed E-state index contributed by atoms with van der Waals surface area (Å²) >= 11 is 0. The van der Waals surface area contributed by atoms with Gasteiger partial charge in [-0.1, -0.05) is 6.92 Å². The molecule has 1 unspecified atom stereocenters. The van der Waals surface area contributed by atoms with Crippen molar-refractivity contribution in [1.82, 2.24) is 0 Å². The van der Waals surface area contributed by atoms with Crippen molar-refractivity contribution in [3.05, 3.63) is 0 Å². The van der Waals surface area contributed by atoms with E-state index in [9.17, 15) is 0 Å². The second-order valence-electron chi connectivity index (χ2n) is 4.13. The Balaban J connectivity index is 2.07. The summed E-state index contributed by atoms with van der Waals surface area (Å²) in [5.41, 5.74) is 1.34. The van der Waals surface area contributed by atoms with E-state index in [4.69, 9.17) is 9.47 Å². The summed E-state index contributed by atoms with van der Waals surface area (Å²) in [6.45, 7) is 3.73. The lowest BCUT2D eigenvalue weighted by molar-refractivity contribution is -0.174. The molecule has 3 heteroatoms. The summed E-state index contributed by atoms with van der Waals surface area (Å²) in [6.07, 6.45) is 4.16. The smallest absolute Gasteiger partial charge is 0.169 e. The zero-order valence-corrected chi connectivity index (χ0v) is 9.08. The second-order valence-corrected chi connectivity index (χ2v) is 4.13. The van der Waals surface area contributed by atoms with Crippen LogP contribution in [0.15, 0.2) is 4.99 Å². The highest BCUT2D eigenvalue weighted by molar-refractivity contribution is 5.87. The van der Waals surface area contributed by atoms with Gasteiger partial charge in [0, 0.05) is 31.5 Å². The Morgan fingerprint density at radius 3 is 2.71 bits per heavy atom. The minimum Gasteiger partial charge on any atom is -0.347 e. The molecule has 1 saturated carbocycles. The van der Waals surface area contributed by atoms with E-state index in [0.29, 0.717) is 5.92 Å². The van der Waals surface area contributed by atoms with Gasteiger partial charge in [-0.25, -0.2) is 0 Å². The van der Waals surface area contributed by atoms with Crippen molar-refractivity contribution in [2.24, 2.45) is 10.9 Å². The largest absolute Gasteiger partial charge is 0.347 e. The van der Waals surface area contributed by atoms with Gasteiger partial charge in [-0.15, -0.1) is 0 Å². The molecule has 1 heterocycles. The van der Waals surface area contributed by atoms with Crippen LogP contribution in [0.25, 0.3) is 0 Å². The summed E-state index contributed by atoms with van der Waals surface area (Å²) < 4.78 is 11.5. The molecule has 0 aromatic rings. The SMILES string of the molecule is CCC1CC2(CC/C1=N\C)OCCO2. The van der Waals surface area contributed by atoms with Crippen molar-refractivity contribution in [1.29, 1.82) is 0 Å². The van der Waals surface area contributed by atoms with Crippen molar-refractivity contribution in [2.75, 3.05) is 20.3 Å². The molecule has 2 rings (SSSR count). The second kappa shape index (κ2) is 3.99. The van der Waals surface area contributed by atoms with E-state index in [2.05, 4.69) is 11.9 Å². The van der Waals surface area contributed by atoms with Gasteiger partial charge in [0.1, 0.15) is 0 Å². The molecule has 1 spiro atoms. The molecule has 1 saturated heterocycles. The molecule has 2 fully saturated rings. The molecule has 80 valence electrons. The first kappa shape index (κ1) is 10.1. The summed E-state index contributed by atoms with van der Waals surface area (Å²) in [6, 6.07) is 0. The van der Waals surface area contributed by atoms with Crippen molar-refractivity contribution < 1.29 is 9.47 Å². The standard InChI is InChI=1S/C11H19NO2/c1-3-9-8-11(13-6-7-14-11)5-4-10(9)12-2/h9H,3-8H2,1-2H3/b12-10+. The van der Waals surface area contributed by atoms with E-state index in [1.807, 2.05) is 7.05 Å². The molecule has 0 amide bonds. The van der Waals surface area contributed by atoms with Gasteiger partial charge < -0.3 is 9.47 Å². The molecule has 0 aromatic heterocycles. The van der Waals surface area contributed by atoms with Gasteiger partial charge in [0.25, 0.3) is 0 Å². The fourth-order valence-corrected chi connectivity index (χ4v) is 2.55. The monoisotopic (exact) mass is 197 g/mol. The lowest BCUT2D eigenvalue weighted by atomic mass is 9.81. The maximum Gasteiger partial charge on any atom is 0.169 e. The average Bonchev–Trinajstić information content (AvgIpc) is 2.66. The Morgan fingerprint density at radius 2 is 2.14 bits per heavy atom. The third kappa shape index (κ3) is 1.71. The summed E-state index contributed by atoms with van der Waals surface area (Å²) in [7, 11) is 1.90. The zero-order chi connectivity index (χ0) is 10.0. The summed E-state index contributed by atoms with van der Waals surface area (Å²) in [5, 5.41) is 0. The first-order valence-corrected chi connectivity index (χ1v) is 5.53. The minimum absolute atomic E-state index is 0.255. The van der Waals surface area contributed by atoms with Crippen LogP contribution < -0.4 is 0 Å². The first-order chi connectivity index (χ1) is 6.79. The Morgan fingerprint density at radius 1 is 1.43 bits per heavy atom. The van der Waals surface area contributed by atoms with Crippen LogP contribution >= 0.6 is 0 Å². The average molecular weight is 197 g/mol. The molecule has 3 nitrogen and oxygen atoms in total. The summed E-state index contributed by atoms with van der Waals surface area (Å²) in [4.78, 5) is 4.36. The minimum atomic E-state index is -0.255. The highest BCUT2D eigenvalue weighted by Gasteiger charge is 2.42. The fraction of sp³-hybridized carbons (Fsp3) is 0.909.